The standard InChI is InChI=1S/C20H31N3O2/c1-13-6-9-20(3,18(25)12-13)16-7-10-19(2)15(4-5-17(19)24)14(16)8-11-22-23-21/h13-16H,4-12H2,1-3H3/t13-,14-,15-,16?,19-,20+/m0/s1. The summed E-state index contributed by atoms with van der Waals surface area (Å²) in [5, 5.41) is 3.77. The summed E-state index contributed by atoms with van der Waals surface area (Å²) in [5.41, 5.74) is 8.18. The first-order valence-corrected chi connectivity index (χ1v) is 9.90. The number of azide groups is 1. The molecule has 6 atom stereocenters. The predicted octanol–water partition coefficient (Wildman–Crippen LogP) is 5.09. The van der Waals surface area contributed by atoms with Crippen LogP contribution in [0.25, 0.3) is 10.4 Å². The first-order valence-electron chi connectivity index (χ1n) is 9.90. The Labute approximate surface area is 150 Å². The van der Waals surface area contributed by atoms with Crippen LogP contribution in [0.3, 0.4) is 0 Å². The van der Waals surface area contributed by atoms with Crippen LogP contribution >= 0.6 is 0 Å². The summed E-state index contributed by atoms with van der Waals surface area (Å²) in [5.74, 6) is 2.29. The zero-order chi connectivity index (χ0) is 18.2. The normalized spacial score (nSPS) is 44.3. The number of carbonyl (C=O) groups excluding carboxylic acids is 2. The molecule has 0 aromatic rings. The van der Waals surface area contributed by atoms with Crippen molar-refractivity contribution in [1.29, 1.82) is 0 Å². The van der Waals surface area contributed by atoms with Gasteiger partial charge in [0, 0.05) is 35.1 Å². The number of carbonyl (C=O) groups is 2. The topological polar surface area (TPSA) is 82.9 Å². The Morgan fingerprint density at radius 2 is 1.72 bits per heavy atom. The number of fused-ring (bicyclic) bond motifs is 1. The molecule has 0 radical (unpaired) electrons. The summed E-state index contributed by atoms with van der Waals surface area (Å²) in [4.78, 5) is 28.4. The van der Waals surface area contributed by atoms with Gasteiger partial charge in [-0.05, 0) is 67.7 Å². The fourth-order valence-corrected chi connectivity index (χ4v) is 6.23. The second-order valence-corrected chi connectivity index (χ2v) is 9.23. The van der Waals surface area contributed by atoms with E-state index in [4.69, 9.17) is 5.53 Å². The predicted molar refractivity (Wildman–Crippen MR) is 96.8 cm³/mol. The summed E-state index contributed by atoms with van der Waals surface area (Å²) in [7, 11) is 0. The van der Waals surface area contributed by atoms with Crippen LogP contribution in [0.5, 0.6) is 0 Å². The molecule has 0 aromatic carbocycles. The summed E-state index contributed by atoms with van der Waals surface area (Å²) in [6.07, 6.45) is 7.06. The van der Waals surface area contributed by atoms with Crippen molar-refractivity contribution in [1.82, 2.24) is 0 Å². The highest BCUT2D eigenvalue weighted by Gasteiger charge is 2.58. The van der Waals surface area contributed by atoms with Crippen molar-refractivity contribution in [3.63, 3.8) is 0 Å². The Morgan fingerprint density at radius 3 is 2.40 bits per heavy atom. The molecular formula is C20H31N3O2. The summed E-state index contributed by atoms with van der Waals surface area (Å²) in [6.45, 7) is 6.95. The van der Waals surface area contributed by atoms with Crippen LogP contribution in [-0.2, 0) is 9.59 Å². The average Bonchev–Trinajstić information content (AvgIpc) is 2.87. The minimum absolute atomic E-state index is 0.223. The fraction of sp³-hybridized carbons (Fsp3) is 0.900. The van der Waals surface area contributed by atoms with E-state index in [1.54, 1.807) is 0 Å². The summed E-state index contributed by atoms with van der Waals surface area (Å²) in [6, 6.07) is 0. The van der Waals surface area contributed by atoms with Crippen molar-refractivity contribution in [3.8, 4) is 0 Å². The van der Waals surface area contributed by atoms with Crippen molar-refractivity contribution < 1.29 is 9.59 Å². The summed E-state index contributed by atoms with van der Waals surface area (Å²) >= 11 is 0. The number of Topliss-reactive ketones (excluding diaryl/α,β-unsaturated/α-hetero) is 2. The number of ketones is 2. The smallest absolute Gasteiger partial charge is 0.139 e. The maximum absolute atomic E-state index is 13.0. The molecule has 3 aliphatic rings. The van der Waals surface area contributed by atoms with Gasteiger partial charge < -0.3 is 0 Å². The maximum atomic E-state index is 13.0. The van der Waals surface area contributed by atoms with Gasteiger partial charge in [0.25, 0.3) is 0 Å². The molecule has 3 fully saturated rings. The molecule has 3 saturated carbocycles. The zero-order valence-electron chi connectivity index (χ0n) is 15.8. The molecule has 3 aliphatic carbocycles. The minimum Gasteiger partial charge on any atom is -0.299 e. The largest absolute Gasteiger partial charge is 0.299 e. The van der Waals surface area contributed by atoms with E-state index in [1.165, 1.54) is 0 Å². The lowest BCUT2D eigenvalue weighted by molar-refractivity contribution is -0.144. The highest BCUT2D eigenvalue weighted by molar-refractivity contribution is 5.88. The van der Waals surface area contributed by atoms with Crippen LogP contribution in [0.15, 0.2) is 5.11 Å². The highest BCUT2D eigenvalue weighted by Crippen LogP contribution is 2.60. The van der Waals surface area contributed by atoms with Gasteiger partial charge in [-0.3, -0.25) is 9.59 Å². The number of nitrogens with zero attached hydrogens (tertiary/aromatic N) is 3. The van der Waals surface area contributed by atoms with Crippen molar-refractivity contribution in [2.24, 2.45) is 39.6 Å². The lowest BCUT2D eigenvalue weighted by atomic mass is 9.50. The molecule has 0 aliphatic heterocycles. The second-order valence-electron chi connectivity index (χ2n) is 9.23. The van der Waals surface area contributed by atoms with E-state index >= 15 is 0 Å². The van der Waals surface area contributed by atoms with E-state index in [9.17, 15) is 9.59 Å². The lowest BCUT2D eigenvalue weighted by Crippen LogP contribution is -2.51. The Hall–Kier alpha value is -1.35. The van der Waals surface area contributed by atoms with Gasteiger partial charge in [0.2, 0.25) is 0 Å². The molecule has 0 N–H and O–H groups in total. The quantitative estimate of drug-likeness (QED) is 0.403. The molecule has 5 heteroatoms. The van der Waals surface area contributed by atoms with Crippen LogP contribution in [-0.4, -0.2) is 18.1 Å². The number of rotatable bonds is 4. The van der Waals surface area contributed by atoms with Gasteiger partial charge in [0.1, 0.15) is 11.6 Å². The van der Waals surface area contributed by atoms with Gasteiger partial charge in [-0.15, -0.1) is 0 Å². The molecule has 1 unspecified atom stereocenters. The zero-order valence-corrected chi connectivity index (χ0v) is 15.8. The lowest BCUT2D eigenvalue weighted by Gasteiger charge is -2.52. The van der Waals surface area contributed by atoms with Crippen LogP contribution in [0.2, 0.25) is 0 Å². The number of hydrogen-bond donors (Lipinski definition) is 0. The van der Waals surface area contributed by atoms with Crippen molar-refractivity contribution in [2.45, 2.75) is 72.1 Å². The first kappa shape index (κ1) is 18.4. The molecular weight excluding hydrogens is 314 g/mol. The molecule has 3 rings (SSSR count). The van der Waals surface area contributed by atoms with Gasteiger partial charge >= 0.3 is 0 Å². The van der Waals surface area contributed by atoms with Gasteiger partial charge in [-0.2, -0.15) is 0 Å². The van der Waals surface area contributed by atoms with E-state index in [0.29, 0.717) is 54.6 Å². The molecule has 0 bridgehead atoms. The monoisotopic (exact) mass is 345 g/mol. The van der Waals surface area contributed by atoms with E-state index in [2.05, 4.69) is 30.8 Å². The van der Waals surface area contributed by atoms with Crippen LogP contribution in [0.1, 0.15) is 72.1 Å². The van der Waals surface area contributed by atoms with E-state index < -0.39 is 0 Å². The molecule has 138 valence electrons. The first-order chi connectivity index (χ1) is 11.8. The van der Waals surface area contributed by atoms with Crippen LogP contribution in [0.4, 0.5) is 0 Å². The Kier molecular flexibility index (Phi) is 4.98. The van der Waals surface area contributed by atoms with Crippen molar-refractivity contribution in [2.75, 3.05) is 6.54 Å². The number of hydrogen-bond acceptors (Lipinski definition) is 3. The van der Waals surface area contributed by atoms with Crippen molar-refractivity contribution >= 4 is 11.6 Å². The Morgan fingerprint density at radius 1 is 1.08 bits per heavy atom. The van der Waals surface area contributed by atoms with Crippen molar-refractivity contribution in [3.05, 3.63) is 10.4 Å². The van der Waals surface area contributed by atoms with Gasteiger partial charge in [0.15, 0.2) is 0 Å². The van der Waals surface area contributed by atoms with E-state index in [-0.39, 0.29) is 10.8 Å². The van der Waals surface area contributed by atoms with Gasteiger partial charge in [0.05, 0.1) is 0 Å². The molecule has 0 saturated heterocycles. The molecule has 0 heterocycles. The third-order valence-corrected chi connectivity index (χ3v) is 7.92. The maximum Gasteiger partial charge on any atom is 0.139 e. The second kappa shape index (κ2) is 6.75. The van der Waals surface area contributed by atoms with E-state index in [0.717, 1.165) is 38.5 Å². The Bertz CT molecular complexity index is 612. The molecule has 0 amide bonds. The average molecular weight is 345 g/mol. The molecule has 5 nitrogen and oxygen atoms in total. The summed E-state index contributed by atoms with van der Waals surface area (Å²) < 4.78 is 0. The van der Waals surface area contributed by atoms with Gasteiger partial charge in [-0.1, -0.05) is 25.9 Å². The molecule has 25 heavy (non-hydrogen) atoms. The van der Waals surface area contributed by atoms with Gasteiger partial charge in [-0.25, -0.2) is 0 Å². The highest BCUT2D eigenvalue weighted by atomic mass is 16.1. The minimum atomic E-state index is -0.263. The van der Waals surface area contributed by atoms with E-state index in [1.807, 2.05) is 0 Å². The van der Waals surface area contributed by atoms with Crippen LogP contribution in [0, 0.1) is 34.5 Å². The third-order valence-electron chi connectivity index (χ3n) is 7.92. The fourth-order valence-electron chi connectivity index (χ4n) is 6.23. The Balaban J connectivity index is 1.90. The molecule has 0 aromatic heterocycles. The van der Waals surface area contributed by atoms with Crippen LogP contribution < -0.4 is 0 Å². The third kappa shape index (κ3) is 3.01. The SMILES string of the molecule is C[C@H]1CC[C@](C)(C2CC[C@]3(C)C(=O)CC[C@H]3[C@@H]2CCN=[N+]=[N-])C(=O)C1. The molecule has 0 spiro atoms.